The van der Waals surface area contributed by atoms with Crippen molar-refractivity contribution in [1.29, 1.82) is 0 Å². The van der Waals surface area contributed by atoms with E-state index in [1.165, 1.54) is 11.1 Å². The highest BCUT2D eigenvalue weighted by Gasteiger charge is 2.33. The van der Waals surface area contributed by atoms with Crippen LogP contribution in [0.1, 0.15) is 10.9 Å². The van der Waals surface area contributed by atoms with Gasteiger partial charge in [-0.2, -0.15) is 5.10 Å². The number of rotatable bonds is 4. The molecule has 1 aliphatic heterocycles. The molecule has 4 nitrogen and oxygen atoms in total. The number of thioether (sulfide) groups is 1. The fourth-order valence-corrected chi connectivity index (χ4v) is 4.95. The Bertz CT molecular complexity index is 1170. The molecule has 1 atom stereocenters. The molecule has 30 heavy (non-hydrogen) atoms. The standard InChI is InChI=1S/C25H21N3OS/c1-27-23(29)17-30-25(27)22-16-28(21-10-6-3-7-11-21)26-24(22)20-14-12-19(13-15-20)18-8-4-2-5-9-18/h2-16,25H,17H2,1H3. The minimum Gasteiger partial charge on any atom is -0.329 e. The van der Waals surface area contributed by atoms with Gasteiger partial charge < -0.3 is 4.90 Å². The van der Waals surface area contributed by atoms with Gasteiger partial charge in [0.05, 0.1) is 17.1 Å². The lowest BCUT2D eigenvalue weighted by molar-refractivity contribution is -0.126. The first-order valence-electron chi connectivity index (χ1n) is 9.89. The van der Waals surface area contributed by atoms with Gasteiger partial charge in [-0.15, -0.1) is 11.8 Å². The second-order valence-electron chi connectivity index (χ2n) is 7.32. The minimum atomic E-state index is -0.0289. The molecular weight excluding hydrogens is 390 g/mol. The number of benzene rings is 3. The molecule has 0 bridgehead atoms. The molecule has 5 heteroatoms. The van der Waals surface area contributed by atoms with Crippen LogP contribution in [0.2, 0.25) is 0 Å². The van der Waals surface area contributed by atoms with E-state index in [1.54, 1.807) is 11.8 Å². The first-order valence-corrected chi connectivity index (χ1v) is 10.9. The van der Waals surface area contributed by atoms with Crippen molar-refractivity contribution in [3.05, 3.63) is 96.7 Å². The normalized spacial score (nSPS) is 16.2. The summed E-state index contributed by atoms with van der Waals surface area (Å²) in [5.41, 5.74) is 6.39. The number of aromatic nitrogens is 2. The van der Waals surface area contributed by atoms with Crippen molar-refractivity contribution < 1.29 is 4.79 Å². The summed E-state index contributed by atoms with van der Waals surface area (Å²) < 4.78 is 1.91. The van der Waals surface area contributed by atoms with Crippen LogP contribution in [0.4, 0.5) is 0 Å². The minimum absolute atomic E-state index is 0.0289. The van der Waals surface area contributed by atoms with E-state index in [4.69, 9.17) is 5.10 Å². The Balaban J connectivity index is 1.58. The maximum absolute atomic E-state index is 12.2. The number of amides is 1. The van der Waals surface area contributed by atoms with Gasteiger partial charge in [-0.3, -0.25) is 4.79 Å². The first-order chi connectivity index (χ1) is 14.7. The average molecular weight is 412 g/mol. The Morgan fingerprint density at radius 3 is 2.07 bits per heavy atom. The highest BCUT2D eigenvalue weighted by molar-refractivity contribution is 8.00. The van der Waals surface area contributed by atoms with Gasteiger partial charge in [0.25, 0.3) is 0 Å². The molecule has 148 valence electrons. The summed E-state index contributed by atoms with van der Waals surface area (Å²) >= 11 is 1.65. The zero-order chi connectivity index (χ0) is 20.5. The van der Waals surface area contributed by atoms with Crippen LogP contribution in [0.3, 0.4) is 0 Å². The number of hydrogen-bond donors (Lipinski definition) is 0. The summed E-state index contributed by atoms with van der Waals surface area (Å²) in [5.74, 6) is 0.659. The molecule has 0 spiro atoms. The van der Waals surface area contributed by atoms with E-state index >= 15 is 0 Å². The van der Waals surface area contributed by atoms with Crippen LogP contribution in [0.25, 0.3) is 28.1 Å². The van der Waals surface area contributed by atoms with E-state index in [2.05, 4.69) is 42.6 Å². The summed E-state index contributed by atoms with van der Waals surface area (Å²) in [6.45, 7) is 0. The second kappa shape index (κ2) is 7.84. The van der Waals surface area contributed by atoms with E-state index < -0.39 is 0 Å². The SMILES string of the molecule is CN1C(=O)CSC1c1cn(-c2ccccc2)nc1-c1ccc(-c2ccccc2)cc1. The second-order valence-corrected chi connectivity index (χ2v) is 8.39. The molecule has 5 rings (SSSR count). The number of carbonyl (C=O) groups is 1. The number of para-hydroxylation sites is 1. The average Bonchev–Trinajstić information content (AvgIpc) is 3.39. The topological polar surface area (TPSA) is 38.1 Å². The van der Waals surface area contributed by atoms with Crippen molar-refractivity contribution in [2.75, 3.05) is 12.8 Å². The Morgan fingerprint density at radius 1 is 0.833 bits per heavy atom. The number of nitrogens with zero attached hydrogens (tertiary/aromatic N) is 3. The van der Waals surface area contributed by atoms with Gasteiger partial charge in [0.1, 0.15) is 5.37 Å². The predicted molar refractivity (Wildman–Crippen MR) is 122 cm³/mol. The van der Waals surface area contributed by atoms with Crippen molar-refractivity contribution in [1.82, 2.24) is 14.7 Å². The van der Waals surface area contributed by atoms with E-state index in [1.807, 2.05) is 65.2 Å². The summed E-state index contributed by atoms with van der Waals surface area (Å²) in [4.78, 5) is 14.0. The lowest BCUT2D eigenvalue weighted by Crippen LogP contribution is -2.23. The van der Waals surface area contributed by atoms with Crippen LogP contribution in [-0.4, -0.2) is 33.4 Å². The summed E-state index contributed by atoms with van der Waals surface area (Å²) in [6.07, 6.45) is 2.06. The first kappa shape index (κ1) is 18.7. The molecule has 0 N–H and O–H groups in total. The third kappa shape index (κ3) is 3.42. The van der Waals surface area contributed by atoms with E-state index in [0.29, 0.717) is 5.75 Å². The molecule has 1 amide bonds. The summed E-state index contributed by atoms with van der Waals surface area (Å²) in [7, 11) is 1.87. The third-order valence-corrected chi connectivity index (χ3v) is 6.70. The molecule has 1 aromatic heterocycles. The van der Waals surface area contributed by atoms with Gasteiger partial charge in [-0.25, -0.2) is 4.68 Å². The maximum Gasteiger partial charge on any atom is 0.233 e. The van der Waals surface area contributed by atoms with Gasteiger partial charge in [0.15, 0.2) is 0 Å². The van der Waals surface area contributed by atoms with Gasteiger partial charge in [0.2, 0.25) is 5.91 Å². The highest BCUT2D eigenvalue weighted by Crippen LogP contribution is 2.42. The van der Waals surface area contributed by atoms with Crippen LogP contribution in [-0.2, 0) is 4.79 Å². The van der Waals surface area contributed by atoms with Crippen molar-refractivity contribution in [2.24, 2.45) is 0 Å². The molecule has 3 aromatic carbocycles. The smallest absolute Gasteiger partial charge is 0.233 e. The van der Waals surface area contributed by atoms with E-state index in [-0.39, 0.29) is 11.3 Å². The molecule has 1 aliphatic rings. The Kier molecular flexibility index (Phi) is 4.89. The van der Waals surface area contributed by atoms with Crippen molar-refractivity contribution in [2.45, 2.75) is 5.37 Å². The highest BCUT2D eigenvalue weighted by atomic mass is 32.2. The quantitative estimate of drug-likeness (QED) is 0.451. The fourth-order valence-electron chi connectivity index (χ4n) is 3.75. The molecule has 0 saturated carbocycles. The maximum atomic E-state index is 12.2. The van der Waals surface area contributed by atoms with Crippen LogP contribution < -0.4 is 0 Å². The monoisotopic (exact) mass is 411 g/mol. The molecule has 0 radical (unpaired) electrons. The predicted octanol–water partition coefficient (Wildman–Crippen LogP) is 5.41. The lowest BCUT2D eigenvalue weighted by atomic mass is 10.0. The lowest BCUT2D eigenvalue weighted by Gasteiger charge is -2.18. The third-order valence-electron chi connectivity index (χ3n) is 5.40. The van der Waals surface area contributed by atoms with Gasteiger partial charge in [0, 0.05) is 24.4 Å². The van der Waals surface area contributed by atoms with Crippen LogP contribution >= 0.6 is 11.8 Å². The van der Waals surface area contributed by atoms with Crippen LogP contribution in [0, 0.1) is 0 Å². The van der Waals surface area contributed by atoms with Gasteiger partial charge >= 0.3 is 0 Å². The largest absolute Gasteiger partial charge is 0.329 e. The molecule has 1 saturated heterocycles. The fraction of sp³-hybridized carbons (Fsp3) is 0.120. The molecular formula is C25H21N3OS. The number of carbonyl (C=O) groups excluding carboxylic acids is 1. The van der Waals surface area contributed by atoms with E-state index in [0.717, 1.165) is 22.5 Å². The van der Waals surface area contributed by atoms with Gasteiger partial charge in [-0.1, -0.05) is 72.8 Å². The molecule has 1 unspecified atom stereocenters. The number of hydrogen-bond acceptors (Lipinski definition) is 3. The Hall–Kier alpha value is -3.31. The van der Waals surface area contributed by atoms with Crippen molar-refractivity contribution in [3.63, 3.8) is 0 Å². The zero-order valence-corrected chi connectivity index (χ0v) is 17.4. The molecule has 0 aliphatic carbocycles. The molecule has 1 fully saturated rings. The van der Waals surface area contributed by atoms with Crippen LogP contribution in [0.15, 0.2) is 91.1 Å². The summed E-state index contributed by atoms with van der Waals surface area (Å²) in [6, 6.07) is 28.9. The summed E-state index contributed by atoms with van der Waals surface area (Å²) in [5, 5.41) is 4.89. The molecule has 2 heterocycles. The van der Waals surface area contributed by atoms with Crippen LogP contribution in [0.5, 0.6) is 0 Å². The van der Waals surface area contributed by atoms with Gasteiger partial charge in [-0.05, 0) is 23.3 Å². The Labute approximate surface area is 180 Å². The Morgan fingerprint density at radius 2 is 1.43 bits per heavy atom. The van der Waals surface area contributed by atoms with E-state index in [9.17, 15) is 4.79 Å². The van der Waals surface area contributed by atoms with Crippen molar-refractivity contribution in [3.8, 4) is 28.1 Å². The van der Waals surface area contributed by atoms with Crippen molar-refractivity contribution >= 4 is 17.7 Å². The molecule has 4 aromatic rings. The zero-order valence-electron chi connectivity index (χ0n) is 16.6.